The Labute approximate surface area is 156 Å². The van der Waals surface area contributed by atoms with E-state index in [1.54, 1.807) is 12.1 Å². The van der Waals surface area contributed by atoms with Gasteiger partial charge in [-0.05, 0) is 0 Å². The average molecular weight is 451 g/mol. The van der Waals surface area contributed by atoms with E-state index < -0.39 is 24.7 Å². The summed E-state index contributed by atoms with van der Waals surface area (Å²) in [6.07, 6.45) is 1.36. The summed E-state index contributed by atoms with van der Waals surface area (Å²) in [6.45, 7) is 0. The Morgan fingerprint density at radius 2 is 1.88 bits per heavy atom. The van der Waals surface area contributed by atoms with Crippen molar-refractivity contribution in [1.82, 2.24) is 14.3 Å². The van der Waals surface area contributed by atoms with Crippen molar-refractivity contribution in [2.75, 3.05) is 19.4 Å². The number of hydrogen-bond acceptors (Lipinski definition) is 5. The molecule has 0 unspecified atom stereocenters. The number of halogens is 2. The topological polar surface area (TPSA) is 75.2 Å². The summed E-state index contributed by atoms with van der Waals surface area (Å²) >= 11 is 10.6. The van der Waals surface area contributed by atoms with Gasteiger partial charge in [0.05, 0.1) is 0 Å². The van der Waals surface area contributed by atoms with Gasteiger partial charge in [0.25, 0.3) is 0 Å². The van der Waals surface area contributed by atoms with Crippen LogP contribution in [-0.2, 0) is 10.0 Å². The SMILES string of the molecule is CN(C)S(=O)(=O)c1cc([As](C)C)ccc1Nc1nc(Cl)ncc1Cl. The summed E-state index contributed by atoms with van der Waals surface area (Å²) in [5.74, 6) is 0.252. The molecule has 130 valence electrons. The molecular formula is C14H17AsCl2N4O2S. The minimum atomic E-state index is -3.63. The summed E-state index contributed by atoms with van der Waals surface area (Å²) in [4.78, 5) is 7.96. The van der Waals surface area contributed by atoms with Gasteiger partial charge in [0, 0.05) is 0 Å². The zero-order valence-corrected chi connectivity index (χ0v) is 17.8. The third-order valence-corrected chi connectivity index (χ3v) is 8.27. The number of sulfonamides is 1. The van der Waals surface area contributed by atoms with Crippen molar-refractivity contribution in [3.05, 3.63) is 34.7 Å². The predicted molar refractivity (Wildman–Crippen MR) is 99.8 cm³/mol. The van der Waals surface area contributed by atoms with E-state index >= 15 is 0 Å². The van der Waals surface area contributed by atoms with Gasteiger partial charge in [-0.2, -0.15) is 0 Å². The fraction of sp³-hybridized carbons (Fsp3) is 0.286. The second kappa shape index (κ2) is 7.58. The fourth-order valence-electron chi connectivity index (χ4n) is 1.86. The fourth-order valence-corrected chi connectivity index (χ4v) is 4.99. The van der Waals surface area contributed by atoms with Crippen LogP contribution in [0, 0.1) is 0 Å². The molecule has 24 heavy (non-hydrogen) atoms. The molecule has 0 radical (unpaired) electrons. The number of rotatable bonds is 5. The van der Waals surface area contributed by atoms with Crippen molar-refractivity contribution < 1.29 is 8.42 Å². The molecule has 0 atom stereocenters. The van der Waals surface area contributed by atoms with Crippen molar-refractivity contribution in [1.29, 1.82) is 0 Å². The molecule has 2 aromatic rings. The van der Waals surface area contributed by atoms with Crippen molar-refractivity contribution in [2.45, 2.75) is 16.3 Å². The Balaban J connectivity index is 2.59. The maximum atomic E-state index is 12.7. The standard InChI is InChI=1S/C14H17AsCl2N4O2S/c1-15(2)9-5-6-11(12(7-9)24(22,23)21(3)4)19-13-10(16)8-18-14(17)20-13/h5-8H,1-4H3,(H,18,19,20). The molecule has 0 saturated heterocycles. The van der Waals surface area contributed by atoms with Crippen LogP contribution in [-0.4, -0.2) is 51.4 Å². The third kappa shape index (κ3) is 4.21. The van der Waals surface area contributed by atoms with Crippen molar-refractivity contribution in [3.8, 4) is 0 Å². The molecule has 0 fully saturated rings. The molecule has 1 aromatic carbocycles. The molecule has 10 heteroatoms. The van der Waals surface area contributed by atoms with Gasteiger partial charge >= 0.3 is 157 Å². The first-order valence-electron chi connectivity index (χ1n) is 6.82. The minimum absolute atomic E-state index is 0.0190. The molecule has 2 rings (SSSR count). The van der Waals surface area contributed by atoms with E-state index in [1.165, 1.54) is 24.6 Å². The second-order valence-corrected chi connectivity index (χ2v) is 13.0. The van der Waals surface area contributed by atoms with Crippen LogP contribution in [0.1, 0.15) is 0 Å². The summed E-state index contributed by atoms with van der Waals surface area (Å²) in [5, 5.41) is 3.22. The molecule has 0 bridgehead atoms. The van der Waals surface area contributed by atoms with Gasteiger partial charge in [0.15, 0.2) is 0 Å². The van der Waals surface area contributed by atoms with Gasteiger partial charge in [0.2, 0.25) is 0 Å². The Morgan fingerprint density at radius 3 is 2.46 bits per heavy atom. The molecule has 0 aliphatic heterocycles. The molecule has 1 N–H and O–H groups in total. The first-order chi connectivity index (χ1) is 11.1. The van der Waals surface area contributed by atoms with Gasteiger partial charge < -0.3 is 0 Å². The summed E-state index contributed by atoms with van der Waals surface area (Å²) in [6, 6.07) is 5.37. The number of nitrogens with one attached hydrogen (secondary N) is 1. The molecule has 6 nitrogen and oxygen atoms in total. The van der Waals surface area contributed by atoms with E-state index in [0.29, 0.717) is 5.69 Å². The summed E-state index contributed by atoms with van der Waals surface area (Å²) in [7, 11) is -0.644. The first kappa shape index (κ1) is 19.5. The predicted octanol–water partition coefficient (Wildman–Crippen LogP) is 2.74. The summed E-state index contributed by atoms with van der Waals surface area (Å²) in [5.41, 5.74) is 4.67. The van der Waals surface area contributed by atoms with E-state index in [9.17, 15) is 8.42 Å². The van der Waals surface area contributed by atoms with Crippen molar-refractivity contribution in [3.63, 3.8) is 0 Å². The Morgan fingerprint density at radius 1 is 1.21 bits per heavy atom. The van der Waals surface area contributed by atoms with E-state index in [-0.39, 0.29) is 21.0 Å². The van der Waals surface area contributed by atoms with Gasteiger partial charge in [-0.3, -0.25) is 0 Å². The average Bonchev–Trinajstić information content (AvgIpc) is 2.50. The van der Waals surface area contributed by atoms with Crippen molar-refractivity contribution in [2.24, 2.45) is 0 Å². The van der Waals surface area contributed by atoms with Crippen LogP contribution in [0.4, 0.5) is 11.5 Å². The first-order valence-corrected chi connectivity index (χ1v) is 13.7. The van der Waals surface area contributed by atoms with Crippen LogP contribution >= 0.6 is 23.2 Å². The van der Waals surface area contributed by atoms with Gasteiger partial charge in [0.1, 0.15) is 0 Å². The van der Waals surface area contributed by atoms with E-state index in [1.807, 2.05) is 6.07 Å². The van der Waals surface area contributed by atoms with Crippen LogP contribution in [0.2, 0.25) is 21.7 Å². The third-order valence-electron chi connectivity index (χ3n) is 3.21. The van der Waals surface area contributed by atoms with Gasteiger partial charge in [-0.1, -0.05) is 0 Å². The maximum absolute atomic E-state index is 12.7. The molecule has 0 saturated carbocycles. The molecule has 0 spiro atoms. The Hall–Kier alpha value is -0.852. The van der Waals surface area contributed by atoms with Crippen LogP contribution in [0.5, 0.6) is 0 Å². The van der Waals surface area contributed by atoms with Crippen LogP contribution in [0.15, 0.2) is 29.3 Å². The zero-order chi connectivity index (χ0) is 18.1. The normalized spacial score (nSPS) is 12.0. The monoisotopic (exact) mass is 450 g/mol. The molecular weight excluding hydrogens is 434 g/mol. The zero-order valence-electron chi connectivity index (χ0n) is 13.6. The van der Waals surface area contributed by atoms with Crippen LogP contribution in [0.25, 0.3) is 0 Å². The van der Waals surface area contributed by atoms with Crippen molar-refractivity contribution >= 4 is 63.7 Å². The molecule has 1 heterocycles. The number of hydrogen-bond donors (Lipinski definition) is 1. The summed E-state index contributed by atoms with van der Waals surface area (Å²) < 4.78 is 27.6. The number of nitrogens with zero attached hydrogens (tertiary/aromatic N) is 3. The second-order valence-electron chi connectivity index (χ2n) is 5.32. The number of anilines is 2. The Kier molecular flexibility index (Phi) is 6.15. The van der Waals surface area contributed by atoms with Crippen LogP contribution < -0.4 is 9.67 Å². The van der Waals surface area contributed by atoms with Gasteiger partial charge in [-0.25, -0.2) is 0 Å². The van der Waals surface area contributed by atoms with E-state index in [4.69, 9.17) is 23.2 Å². The molecule has 0 aliphatic rings. The number of aromatic nitrogens is 2. The molecule has 0 amide bonds. The Bertz CT molecular complexity index is 860. The van der Waals surface area contributed by atoms with Gasteiger partial charge in [-0.15, -0.1) is 0 Å². The van der Waals surface area contributed by atoms with Crippen LogP contribution in [0.3, 0.4) is 0 Å². The quantitative estimate of drug-likeness (QED) is 0.559. The van der Waals surface area contributed by atoms with E-state index in [0.717, 1.165) is 4.35 Å². The number of benzene rings is 1. The van der Waals surface area contributed by atoms with E-state index in [2.05, 4.69) is 26.7 Å². The molecule has 0 aliphatic carbocycles. The molecule has 1 aromatic heterocycles.